The lowest BCUT2D eigenvalue weighted by atomic mass is 10.2. The Kier molecular flexibility index (Phi) is 5.17. The molecule has 0 amide bonds. The van der Waals surface area contributed by atoms with E-state index in [0.717, 1.165) is 19.2 Å². The molecule has 1 fully saturated rings. The quantitative estimate of drug-likeness (QED) is 0.495. The highest BCUT2D eigenvalue weighted by Gasteiger charge is 2.19. The second-order valence-corrected chi connectivity index (χ2v) is 7.34. The van der Waals surface area contributed by atoms with E-state index in [-0.39, 0.29) is 5.95 Å². The molecule has 2 N–H and O–H groups in total. The number of piperazine rings is 1. The number of anilines is 2. The van der Waals surface area contributed by atoms with Gasteiger partial charge in [-0.25, -0.2) is 18.7 Å². The van der Waals surface area contributed by atoms with Gasteiger partial charge in [-0.05, 0) is 30.2 Å². The number of benzene rings is 1. The molecule has 1 aromatic carbocycles. The van der Waals surface area contributed by atoms with Gasteiger partial charge in [-0.15, -0.1) is 5.10 Å². The molecule has 0 unspecified atom stereocenters. The molecule has 4 aromatic rings. The maximum Gasteiger partial charge on any atom is 0.224 e. The van der Waals surface area contributed by atoms with Crippen molar-refractivity contribution < 1.29 is 13.2 Å². The van der Waals surface area contributed by atoms with E-state index in [2.05, 4.69) is 31.8 Å². The van der Waals surface area contributed by atoms with E-state index in [0.29, 0.717) is 48.2 Å². The third-order valence-corrected chi connectivity index (χ3v) is 5.23. The van der Waals surface area contributed by atoms with E-state index in [9.17, 15) is 8.78 Å². The van der Waals surface area contributed by atoms with E-state index in [4.69, 9.17) is 10.2 Å². The molecule has 10 heteroatoms. The molecule has 162 valence electrons. The molecule has 0 bridgehead atoms. The molecule has 32 heavy (non-hydrogen) atoms. The van der Waals surface area contributed by atoms with Crippen molar-refractivity contribution in [2.75, 3.05) is 43.4 Å². The molecule has 1 aliphatic rings. The van der Waals surface area contributed by atoms with Crippen LogP contribution in [0.3, 0.4) is 0 Å². The van der Waals surface area contributed by atoms with Crippen LogP contribution in [0, 0.1) is 23.5 Å². The number of nitrogen functional groups attached to an aromatic ring is 1. The number of hydrogen-bond acceptors (Lipinski definition) is 7. The lowest BCUT2D eigenvalue weighted by Gasteiger charge is -2.35. The number of halogens is 2. The van der Waals surface area contributed by atoms with Crippen molar-refractivity contribution in [2.24, 2.45) is 0 Å². The molecule has 0 aliphatic carbocycles. The second kappa shape index (κ2) is 8.28. The number of furan rings is 1. The van der Waals surface area contributed by atoms with Crippen LogP contribution in [0.1, 0.15) is 5.69 Å². The average Bonchev–Trinajstić information content (AvgIpc) is 3.45. The highest BCUT2D eigenvalue weighted by Crippen LogP contribution is 2.21. The van der Waals surface area contributed by atoms with Gasteiger partial charge in [0, 0.05) is 38.3 Å². The number of aromatic nitrogens is 4. The predicted molar refractivity (Wildman–Crippen MR) is 115 cm³/mol. The Morgan fingerprint density at radius 1 is 1.06 bits per heavy atom. The van der Waals surface area contributed by atoms with Crippen LogP contribution in [0.15, 0.2) is 47.1 Å². The first kappa shape index (κ1) is 20.0. The summed E-state index contributed by atoms with van der Waals surface area (Å²) >= 11 is 0. The standard InChI is InChI=1S/C22H19F2N7O/c23-15-5-6-18(17(24)13-15)30-10-8-29(9-11-30)7-1-3-16-14-20-27-21(19-4-2-12-32-19)28-31(20)22(25)26-16/h2,4-6,12-14H,7-11H2,(H2,25,26). The van der Waals surface area contributed by atoms with Crippen LogP contribution >= 0.6 is 0 Å². The van der Waals surface area contributed by atoms with Crippen molar-refractivity contribution in [2.45, 2.75) is 0 Å². The van der Waals surface area contributed by atoms with Gasteiger partial charge < -0.3 is 15.1 Å². The van der Waals surface area contributed by atoms with Crippen molar-refractivity contribution in [3.05, 3.63) is 60.0 Å². The lowest BCUT2D eigenvalue weighted by Crippen LogP contribution is -2.46. The Hall–Kier alpha value is -3.97. The Morgan fingerprint density at radius 3 is 2.66 bits per heavy atom. The first-order valence-corrected chi connectivity index (χ1v) is 10.1. The SMILES string of the molecule is Nc1nc(C#CCN2CCN(c3ccc(F)cc3F)CC2)cc2nc(-c3ccco3)nn12. The largest absolute Gasteiger partial charge is 0.461 e. The van der Waals surface area contributed by atoms with Gasteiger partial charge in [0.15, 0.2) is 11.4 Å². The van der Waals surface area contributed by atoms with Crippen molar-refractivity contribution in [3.63, 3.8) is 0 Å². The predicted octanol–water partition coefficient (Wildman–Crippen LogP) is 2.42. The smallest absolute Gasteiger partial charge is 0.224 e. The number of fused-ring (bicyclic) bond motifs is 1. The molecule has 0 saturated carbocycles. The zero-order valence-corrected chi connectivity index (χ0v) is 17.0. The first-order valence-electron chi connectivity index (χ1n) is 10.1. The molecular formula is C22H19F2N7O. The number of rotatable bonds is 3. The molecule has 1 aliphatic heterocycles. The van der Waals surface area contributed by atoms with E-state index in [1.165, 1.54) is 16.6 Å². The van der Waals surface area contributed by atoms with Crippen molar-refractivity contribution in [1.29, 1.82) is 0 Å². The minimum absolute atomic E-state index is 0.187. The zero-order valence-electron chi connectivity index (χ0n) is 17.0. The second-order valence-electron chi connectivity index (χ2n) is 7.34. The Morgan fingerprint density at radius 2 is 1.91 bits per heavy atom. The van der Waals surface area contributed by atoms with Gasteiger partial charge in [0.05, 0.1) is 18.5 Å². The van der Waals surface area contributed by atoms with Crippen LogP contribution in [0.4, 0.5) is 20.4 Å². The lowest BCUT2D eigenvalue weighted by molar-refractivity contribution is 0.287. The Balaban J connectivity index is 1.24. The van der Waals surface area contributed by atoms with E-state index in [1.807, 2.05) is 4.90 Å². The molecule has 4 heterocycles. The monoisotopic (exact) mass is 435 g/mol. The maximum absolute atomic E-state index is 14.0. The molecular weight excluding hydrogens is 416 g/mol. The van der Waals surface area contributed by atoms with Gasteiger partial charge in [-0.1, -0.05) is 5.92 Å². The Bertz CT molecular complexity index is 1320. The highest BCUT2D eigenvalue weighted by molar-refractivity contribution is 5.56. The summed E-state index contributed by atoms with van der Waals surface area (Å²) in [6.07, 6.45) is 1.55. The van der Waals surface area contributed by atoms with Gasteiger partial charge in [0.1, 0.15) is 17.3 Å². The van der Waals surface area contributed by atoms with E-state index < -0.39 is 11.6 Å². The fourth-order valence-electron chi connectivity index (χ4n) is 3.61. The van der Waals surface area contributed by atoms with Crippen LogP contribution in [0.5, 0.6) is 0 Å². The average molecular weight is 435 g/mol. The minimum atomic E-state index is -0.573. The van der Waals surface area contributed by atoms with Gasteiger partial charge in [-0.3, -0.25) is 4.90 Å². The number of nitrogens with zero attached hydrogens (tertiary/aromatic N) is 6. The van der Waals surface area contributed by atoms with Crippen LogP contribution in [-0.4, -0.2) is 57.2 Å². The maximum atomic E-state index is 14.0. The normalized spacial score (nSPS) is 14.5. The molecule has 5 rings (SSSR count). The number of nitrogens with two attached hydrogens (primary N) is 1. The van der Waals surface area contributed by atoms with Crippen molar-refractivity contribution in [1.82, 2.24) is 24.5 Å². The van der Waals surface area contributed by atoms with Crippen LogP contribution in [0.2, 0.25) is 0 Å². The summed E-state index contributed by atoms with van der Waals surface area (Å²) in [5.41, 5.74) is 7.47. The number of hydrogen-bond donors (Lipinski definition) is 1. The van der Waals surface area contributed by atoms with Gasteiger partial charge in [0.2, 0.25) is 11.8 Å². The van der Waals surface area contributed by atoms with Crippen LogP contribution in [0.25, 0.3) is 17.2 Å². The fraction of sp³-hybridized carbons (Fsp3) is 0.227. The third-order valence-electron chi connectivity index (χ3n) is 5.23. The molecule has 0 atom stereocenters. The molecule has 8 nitrogen and oxygen atoms in total. The fourth-order valence-corrected chi connectivity index (χ4v) is 3.61. The highest BCUT2D eigenvalue weighted by atomic mass is 19.1. The summed E-state index contributed by atoms with van der Waals surface area (Å²) in [5.74, 6) is 6.17. The Labute approximate surface area is 182 Å². The summed E-state index contributed by atoms with van der Waals surface area (Å²) in [4.78, 5) is 12.8. The minimum Gasteiger partial charge on any atom is -0.461 e. The van der Waals surface area contributed by atoms with E-state index >= 15 is 0 Å². The van der Waals surface area contributed by atoms with Crippen LogP contribution < -0.4 is 10.6 Å². The van der Waals surface area contributed by atoms with Crippen LogP contribution in [-0.2, 0) is 0 Å². The van der Waals surface area contributed by atoms with Gasteiger partial charge >= 0.3 is 0 Å². The third kappa shape index (κ3) is 3.98. The molecule has 3 aromatic heterocycles. The summed E-state index contributed by atoms with van der Waals surface area (Å²) in [7, 11) is 0. The molecule has 0 spiro atoms. The first-order chi connectivity index (χ1) is 15.6. The van der Waals surface area contributed by atoms with Gasteiger partial charge in [-0.2, -0.15) is 4.52 Å². The van der Waals surface area contributed by atoms with Crippen molar-refractivity contribution >= 4 is 17.3 Å². The molecule has 0 radical (unpaired) electrons. The molecule has 1 saturated heterocycles. The van der Waals surface area contributed by atoms with E-state index in [1.54, 1.807) is 24.5 Å². The summed E-state index contributed by atoms with van der Waals surface area (Å²) in [6.45, 7) is 3.25. The zero-order chi connectivity index (χ0) is 22.1. The summed E-state index contributed by atoms with van der Waals surface area (Å²) < 4.78 is 33.9. The van der Waals surface area contributed by atoms with Crippen molar-refractivity contribution in [3.8, 4) is 23.4 Å². The summed E-state index contributed by atoms with van der Waals surface area (Å²) in [5, 5.41) is 4.31. The summed E-state index contributed by atoms with van der Waals surface area (Å²) in [6, 6.07) is 8.92. The van der Waals surface area contributed by atoms with Gasteiger partial charge in [0.25, 0.3) is 0 Å². The topological polar surface area (TPSA) is 88.7 Å².